The molecule has 0 bridgehead atoms. The molecule has 3 rings (SSSR count). The summed E-state index contributed by atoms with van der Waals surface area (Å²) in [6.45, 7) is 2.04. The molecule has 0 heterocycles. The molecule has 2 heteroatoms. The molecule has 0 unspecified atom stereocenters. The molecule has 106 valence electrons. The number of hydrogen-bond acceptors (Lipinski definition) is 0. The van der Waals surface area contributed by atoms with Crippen molar-refractivity contribution in [2.45, 2.75) is 6.92 Å². The van der Waals surface area contributed by atoms with Crippen molar-refractivity contribution >= 4 is 0 Å². The summed E-state index contributed by atoms with van der Waals surface area (Å²) in [4.78, 5) is 0. The Kier molecular flexibility index (Phi) is 3.80. The van der Waals surface area contributed by atoms with Gasteiger partial charge in [0.25, 0.3) is 0 Å². The van der Waals surface area contributed by atoms with Gasteiger partial charge in [-0.25, -0.2) is 4.39 Å². The molecule has 0 radical (unpaired) electrons. The fourth-order valence-electron chi connectivity index (χ4n) is 2.24. The van der Waals surface area contributed by atoms with Gasteiger partial charge in [-0.1, -0.05) is 42.0 Å². The van der Waals surface area contributed by atoms with E-state index in [1.54, 1.807) is 18.2 Å². The van der Waals surface area contributed by atoms with Crippen LogP contribution in [0.25, 0.3) is 22.3 Å². The quantitative estimate of drug-likeness (QED) is 0.414. The Hall–Kier alpha value is -3.41. The van der Waals surface area contributed by atoms with Gasteiger partial charge in [-0.15, -0.1) is 5.56 Å². The molecular weight excluding hydrogens is 494 g/mol. The van der Waals surface area contributed by atoms with Crippen molar-refractivity contribution < 1.29 is 4.39 Å². The van der Waals surface area contributed by atoms with Crippen LogP contribution in [0.1, 0.15) is 5.56 Å². The van der Waals surface area contributed by atoms with Crippen LogP contribution in [-0.2, 0) is 0 Å². The van der Waals surface area contributed by atoms with E-state index in [9.17, 15) is 4.39 Å². The predicted molar refractivity (Wildman–Crippen MR) is 80.8 cm³/mol. The summed E-state index contributed by atoms with van der Waals surface area (Å²) in [6, 6.07) is 23.7. The molecule has 3 aromatic rings. The summed E-state index contributed by atoms with van der Waals surface area (Å²) in [7, 11) is 0. The number of aryl methyl sites for hydroxylation is 1. The van der Waals surface area contributed by atoms with E-state index >= 15 is 0 Å². The van der Waals surface area contributed by atoms with E-state index < -0.39 is 0 Å². The van der Waals surface area contributed by atoms with Crippen LogP contribution in [0.15, 0.2) is 66.7 Å². The summed E-state index contributed by atoms with van der Waals surface area (Å²) in [5.74, 6) is -0.200. The van der Waals surface area contributed by atoms with Crippen LogP contribution in [0.3, 0.4) is 0 Å². The van der Waals surface area contributed by atoms with Crippen LogP contribution in [0.4, 0.5) is 4.39 Å². The van der Waals surface area contributed by atoms with Crippen molar-refractivity contribution in [1.29, 1.82) is 0 Å². The zero-order chi connectivity index (χ0) is 13.9. The van der Waals surface area contributed by atoms with E-state index in [0.717, 1.165) is 16.7 Å². The van der Waals surface area contributed by atoms with Crippen LogP contribution in [0.2, 0.25) is 0 Å². The first-order chi connectivity index (χ1) is 9.74. The molecule has 0 atom stereocenters. The minimum atomic E-state index is -0.200. The molecule has 0 spiro atoms. The summed E-state index contributed by atoms with van der Waals surface area (Å²) >= 11 is 0. The number of rotatable bonds is 2. The molecule has 21 heavy (non-hydrogen) atoms. The van der Waals surface area contributed by atoms with E-state index in [2.05, 4.69) is 6.07 Å². The third kappa shape index (κ3) is 2.79. The number of benzene rings is 3. The maximum atomic E-state index is 14.3. The Balaban J connectivity index is 0.00000161. The molecule has 0 aromatic heterocycles. The van der Waals surface area contributed by atoms with E-state index in [0.29, 0.717) is 5.56 Å². The number of halogens is 1. The van der Waals surface area contributed by atoms with Gasteiger partial charge in [0, 0.05) is 0 Å². The van der Waals surface area contributed by atoms with Gasteiger partial charge >= 0.3 is 0 Å². The second kappa shape index (κ2) is 5.70. The van der Waals surface area contributed by atoms with Gasteiger partial charge in [-0.3, -0.25) is 0 Å². The average Bonchev–Trinajstić information content (AvgIpc) is 2.49. The summed E-state index contributed by atoms with van der Waals surface area (Å²) in [5.41, 5.74) is 4.62. The summed E-state index contributed by atoms with van der Waals surface area (Å²) in [5, 5.41) is 0. The van der Waals surface area contributed by atoms with E-state index in [1.165, 1.54) is 5.56 Å². The van der Waals surface area contributed by atoms with Crippen molar-refractivity contribution in [3.63, 3.8) is 0 Å². The van der Waals surface area contributed by atoms with Gasteiger partial charge in [0.1, 0.15) is 5.82 Å². The van der Waals surface area contributed by atoms with E-state index in [4.69, 9.17) is 0 Å². The number of hydrogen-bond donors (Lipinski definition) is 0. The zero-order valence-electron chi connectivity index (χ0n) is 11.6. The third-order valence-corrected chi connectivity index (χ3v) is 3.38. The standard InChI is InChI=1S/C19H14F.Cm/c1-14-7-9-15(10-8-14)17-11-12-18(19(20)13-17)16-5-3-2-4-6-16;/h3-13H,1H3;/q-1;. The zero-order valence-corrected chi connectivity index (χ0v) is 14.5. The second-order valence-electron chi connectivity index (χ2n) is 4.85. The van der Waals surface area contributed by atoms with Crippen molar-refractivity contribution in [2.75, 3.05) is 0 Å². The van der Waals surface area contributed by atoms with Crippen LogP contribution in [-0.4, -0.2) is 0 Å². The molecule has 0 fully saturated rings. The summed E-state index contributed by atoms with van der Waals surface area (Å²) in [6.07, 6.45) is 0. The average molecular weight is 508 g/mol. The van der Waals surface area contributed by atoms with Gasteiger partial charge in [-0.2, -0.15) is 30.3 Å². The van der Waals surface area contributed by atoms with Crippen LogP contribution < -0.4 is 0 Å². The molecule has 0 saturated heterocycles. The monoisotopic (exact) mass is 504 g/mol. The third-order valence-electron chi connectivity index (χ3n) is 3.38. The maximum Gasteiger partial charge on any atom is 0.129 e. The Bertz CT molecular complexity index is 718. The molecule has 0 aliphatic carbocycles. The topological polar surface area (TPSA) is 0 Å². The Morgan fingerprint density at radius 3 is 2.00 bits per heavy atom. The first kappa shape index (κ1) is 14.0. The van der Waals surface area contributed by atoms with Gasteiger partial charge in [0.2, 0.25) is 0 Å². The molecule has 0 amide bonds. The molecule has 0 nitrogen and oxygen atoms in total. The predicted octanol–water partition coefficient (Wildman–Crippen LogP) is 5.27. The van der Waals surface area contributed by atoms with Gasteiger partial charge in [-0.05, 0) is 29.7 Å². The van der Waals surface area contributed by atoms with Crippen LogP contribution in [0.5, 0.6) is 0 Å². The van der Waals surface area contributed by atoms with Crippen LogP contribution in [0, 0.1) is 18.8 Å². The first-order valence-electron chi connectivity index (χ1n) is 6.57. The van der Waals surface area contributed by atoms with Gasteiger partial charge in [0.05, 0.1) is 0 Å². The Morgan fingerprint density at radius 2 is 1.38 bits per heavy atom. The molecule has 0 saturated carbocycles. The smallest absolute Gasteiger partial charge is 0.129 e. The minimum absolute atomic E-state index is 0. The van der Waals surface area contributed by atoms with Gasteiger partial charge < -0.3 is 0 Å². The van der Waals surface area contributed by atoms with Crippen LogP contribution >= 0.6 is 0 Å². The minimum Gasteiger partial charge on any atom is -0.206 e. The Morgan fingerprint density at radius 1 is 0.762 bits per heavy atom. The van der Waals surface area contributed by atoms with Crippen molar-refractivity contribution in [1.82, 2.24) is 0 Å². The molecule has 0 aliphatic rings. The Labute approximate surface area is 118 Å². The van der Waals surface area contributed by atoms with Crippen molar-refractivity contribution in [3.8, 4) is 22.3 Å². The molecule has 3 aromatic carbocycles. The molecule has 0 aliphatic heterocycles. The molecule has 0 N–H and O–H groups in total. The first-order valence-corrected chi connectivity index (χ1v) is 6.57. The van der Waals surface area contributed by atoms with E-state index in [1.807, 2.05) is 55.5 Å². The SMILES string of the molecule is Cc1ccc(-c2ccc(-c3cc[c-]cc3)c(F)c2)cc1.[Cm]. The fourth-order valence-corrected chi connectivity index (χ4v) is 2.24. The van der Waals surface area contributed by atoms with Crippen molar-refractivity contribution in [2.24, 2.45) is 0 Å². The van der Waals surface area contributed by atoms with E-state index in [-0.39, 0.29) is 5.82 Å². The van der Waals surface area contributed by atoms with Gasteiger partial charge in [0.15, 0.2) is 0 Å². The second-order valence-corrected chi connectivity index (χ2v) is 4.85. The fraction of sp³-hybridized carbons (Fsp3) is 0.0526. The largest absolute Gasteiger partial charge is 0.206 e. The summed E-state index contributed by atoms with van der Waals surface area (Å²) < 4.78 is 14.3. The maximum absolute atomic E-state index is 14.3. The molecular formula is C19H14CmF-. The van der Waals surface area contributed by atoms with Crippen molar-refractivity contribution in [3.05, 3.63) is 84.2 Å². The normalized spacial score (nSPS) is 10.0.